The van der Waals surface area contributed by atoms with E-state index in [0.29, 0.717) is 5.56 Å². The molecule has 5 nitrogen and oxygen atoms in total. The molecule has 1 aromatic carbocycles. The molecule has 0 atom stereocenters. The number of benzene rings is 1. The van der Waals surface area contributed by atoms with Crippen LogP contribution in [0.3, 0.4) is 0 Å². The second-order valence-electron chi connectivity index (χ2n) is 3.30. The van der Waals surface area contributed by atoms with Gasteiger partial charge in [-0.15, -0.1) is 0 Å². The van der Waals surface area contributed by atoms with Crippen molar-refractivity contribution in [1.29, 1.82) is 0 Å². The second kappa shape index (κ2) is 4.73. The lowest BCUT2D eigenvalue weighted by Gasteiger charge is -1.94. The number of hydrogen-bond donors (Lipinski definition) is 0. The molecule has 88 valence electrons. The predicted octanol–water partition coefficient (Wildman–Crippen LogP) is 1.94. The van der Waals surface area contributed by atoms with Crippen LogP contribution in [-0.2, 0) is 16.1 Å². The van der Waals surface area contributed by atoms with E-state index in [-0.39, 0.29) is 24.1 Å². The predicted molar refractivity (Wildman–Crippen MR) is 55.2 cm³/mol. The van der Waals surface area contributed by atoms with Gasteiger partial charge in [-0.1, -0.05) is 17.3 Å². The molecular formula is C11H9FN2O3. The Labute approximate surface area is 96.2 Å². The molecular weight excluding hydrogens is 227 g/mol. The van der Waals surface area contributed by atoms with Gasteiger partial charge in [-0.3, -0.25) is 4.79 Å². The van der Waals surface area contributed by atoms with Crippen LogP contribution in [0.1, 0.15) is 12.8 Å². The normalized spacial score (nSPS) is 10.2. The van der Waals surface area contributed by atoms with E-state index >= 15 is 0 Å². The highest BCUT2D eigenvalue weighted by Crippen LogP contribution is 2.16. The molecule has 0 saturated carbocycles. The van der Waals surface area contributed by atoms with Crippen molar-refractivity contribution >= 4 is 5.97 Å². The van der Waals surface area contributed by atoms with Gasteiger partial charge in [0.2, 0.25) is 5.82 Å². The number of ether oxygens (including phenoxy) is 1. The van der Waals surface area contributed by atoms with Crippen molar-refractivity contribution in [2.75, 3.05) is 0 Å². The van der Waals surface area contributed by atoms with Crippen molar-refractivity contribution in [3.63, 3.8) is 0 Å². The molecule has 0 aliphatic heterocycles. The van der Waals surface area contributed by atoms with Gasteiger partial charge in [0.05, 0.1) is 0 Å². The lowest BCUT2D eigenvalue weighted by molar-refractivity contribution is -0.143. The lowest BCUT2D eigenvalue weighted by atomic mass is 10.2. The van der Waals surface area contributed by atoms with E-state index in [4.69, 9.17) is 9.26 Å². The highest BCUT2D eigenvalue weighted by molar-refractivity contribution is 5.65. The van der Waals surface area contributed by atoms with Crippen molar-refractivity contribution in [1.82, 2.24) is 10.1 Å². The first-order chi connectivity index (χ1) is 8.15. The van der Waals surface area contributed by atoms with Crippen LogP contribution in [-0.4, -0.2) is 16.1 Å². The van der Waals surface area contributed by atoms with Gasteiger partial charge in [-0.2, -0.15) is 4.98 Å². The van der Waals surface area contributed by atoms with Gasteiger partial charge in [0.1, 0.15) is 5.82 Å². The van der Waals surface area contributed by atoms with E-state index in [1.165, 1.54) is 19.1 Å². The fourth-order valence-electron chi connectivity index (χ4n) is 1.22. The summed E-state index contributed by atoms with van der Waals surface area (Å²) in [4.78, 5) is 14.5. The van der Waals surface area contributed by atoms with E-state index in [1.54, 1.807) is 12.1 Å². The van der Waals surface area contributed by atoms with Gasteiger partial charge in [-0.05, 0) is 12.1 Å². The van der Waals surface area contributed by atoms with Gasteiger partial charge in [0, 0.05) is 12.5 Å². The van der Waals surface area contributed by atoms with Crippen molar-refractivity contribution in [3.8, 4) is 11.4 Å². The Hall–Kier alpha value is -2.24. The van der Waals surface area contributed by atoms with Gasteiger partial charge >= 0.3 is 5.97 Å². The largest absolute Gasteiger partial charge is 0.456 e. The minimum Gasteiger partial charge on any atom is -0.456 e. The first-order valence-electron chi connectivity index (χ1n) is 4.87. The lowest BCUT2D eigenvalue weighted by Crippen LogP contribution is -1.98. The van der Waals surface area contributed by atoms with Gasteiger partial charge < -0.3 is 9.26 Å². The number of hydrogen-bond acceptors (Lipinski definition) is 5. The Morgan fingerprint density at radius 1 is 1.53 bits per heavy atom. The second-order valence-corrected chi connectivity index (χ2v) is 3.30. The maximum Gasteiger partial charge on any atom is 0.303 e. The minimum atomic E-state index is -0.435. The number of rotatable bonds is 3. The Kier molecular flexibility index (Phi) is 3.13. The molecule has 2 rings (SSSR count). The fourth-order valence-corrected chi connectivity index (χ4v) is 1.22. The number of carbonyl (C=O) groups is 1. The third-order valence-corrected chi connectivity index (χ3v) is 1.95. The summed E-state index contributed by atoms with van der Waals surface area (Å²) in [5.41, 5.74) is 0.503. The zero-order chi connectivity index (χ0) is 12.3. The number of carbonyl (C=O) groups excluding carboxylic acids is 1. The number of esters is 1. The Bertz CT molecular complexity index is 539. The maximum absolute atomic E-state index is 13.0. The van der Waals surface area contributed by atoms with Crippen LogP contribution < -0.4 is 0 Å². The summed E-state index contributed by atoms with van der Waals surface area (Å²) in [6, 6.07) is 5.82. The average Bonchev–Trinajstić information content (AvgIpc) is 2.75. The molecule has 6 heteroatoms. The summed E-state index contributed by atoms with van der Waals surface area (Å²) in [5, 5.41) is 3.66. The van der Waals surface area contributed by atoms with Gasteiger partial charge in [0.25, 0.3) is 5.89 Å². The van der Waals surface area contributed by atoms with Crippen LogP contribution in [0.2, 0.25) is 0 Å². The van der Waals surface area contributed by atoms with Crippen molar-refractivity contribution in [2.24, 2.45) is 0 Å². The molecule has 0 saturated heterocycles. The van der Waals surface area contributed by atoms with Crippen LogP contribution >= 0.6 is 0 Å². The van der Waals surface area contributed by atoms with E-state index in [9.17, 15) is 9.18 Å². The Morgan fingerprint density at radius 2 is 2.35 bits per heavy atom. The van der Waals surface area contributed by atoms with E-state index in [0.717, 1.165) is 0 Å². The highest BCUT2D eigenvalue weighted by atomic mass is 19.1. The smallest absolute Gasteiger partial charge is 0.303 e. The molecule has 0 aliphatic carbocycles. The van der Waals surface area contributed by atoms with Gasteiger partial charge in [-0.25, -0.2) is 4.39 Å². The van der Waals surface area contributed by atoms with E-state index in [1.807, 2.05) is 0 Å². The minimum absolute atomic E-state index is 0.0857. The van der Waals surface area contributed by atoms with Crippen LogP contribution in [0.15, 0.2) is 28.8 Å². The standard InChI is InChI=1S/C11H9FN2O3/c1-7(15)16-6-10-13-11(14-17-10)8-3-2-4-9(12)5-8/h2-5H,6H2,1H3. The zero-order valence-corrected chi connectivity index (χ0v) is 9.01. The molecule has 1 heterocycles. The monoisotopic (exact) mass is 236 g/mol. The van der Waals surface area contributed by atoms with Crippen LogP contribution in [0.25, 0.3) is 11.4 Å². The van der Waals surface area contributed by atoms with Crippen molar-refractivity contribution in [3.05, 3.63) is 36.0 Å². The first kappa shape index (κ1) is 11.3. The third-order valence-electron chi connectivity index (χ3n) is 1.95. The number of halogens is 1. The quantitative estimate of drug-likeness (QED) is 0.762. The number of nitrogens with zero attached hydrogens (tertiary/aromatic N) is 2. The Morgan fingerprint density at radius 3 is 3.06 bits per heavy atom. The zero-order valence-electron chi connectivity index (χ0n) is 9.01. The van der Waals surface area contributed by atoms with E-state index in [2.05, 4.69) is 10.1 Å². The maximum atomic E-state index is 13.0. The molecule has 1 aromatic heterocycles. The molecule has 0 fully saturated rings. The van der Waals surface area contributed by atoms with Crippen LogP contribution in [0.4, 0.5) is 4.39 Å². The summed E-state index contributed by atoms with van der Waals surface area (Å²) >= 11 is 0. The third kappa shape index (κ3) is 2.87. The van der Waals surface area contributed by atoms with Crippen molar-refractivity contribution in [2.45, 2.75) is 13.5 Å². The molecule has 0 N–H and O–H groups in total. The molecule has 2 aromatic rings. The summed E-state index contributed by atoms with van der Waals surface area (Å²) < 4.78 is 22.5. The molecule has 0 aliphatic rings. The molecule has 0 spiro atoms. The summed E-state index contributed by atoms with van der Waals surface area (Å²) in [6.45, 7) is 1.20. The molecule has 17 heavy (non-hydrogen) atoms. The SMILES string of the molecule is CC(=O)OCc1nc(-c2cccc(F)c2)no1. The van der Waals surface area contributed by atoms with E-state index < -0.39 is 5.97 Å². The molecule has 0 amide bonds. The molecule has 0 unspecified atom stereocenters. The highest BCUT2D eigenvalue weighted by Gasteiger charge is 2.09. The first-order valence-corrected chi connectivity index (χ1v) is 4.87. The number of aromatic nitrogens is 2. The topological polar surface area (TPSA) is 65.2 Å². The van der Waals surface area contributed by atoms with Crippen LogP contribution in [0.5, 0.6) is 0 Å². The van der Waals surface area contributed by atoms with Crippen molar-refractivity contribution < 1.29 is 18.4 Å². The summed E-state index contributed by atoms with van der Waals surface area (Å²) in [7, 11) is 0. The molecule has 0 radical (unpaired) electrons. The van der Waals surface area contributed by atoms with Crippen LogP contribution in [0, 0.1) is 5.82 Å². The Balaban J connectivity index is 2.15. The fraction of sp³-hybridized carbons (Fsp3) is 0.182. The summed E-state index contributed by atoms with van der Waals surface area (Å²) in [6.07, 6.45) is 0. The average molecular weight is 236 g/mol. The summed E-state index contributed by atoms with van der Waals surface area (Å²) in [5.74, 6) is -0.393. The van der Waals surface area contributed by atoms with Gasteiger partial charge in [0.15, 0.2) is 6.61 Å². The molecule has 0 bridgehead atoms.